The molecule has 0 unspecified atom stereocenters. The molecule has 1 fully saturated rings. The highest BCUT2D eigenvalue weighted by atomic mass is 32.2. The average molecular weight is 418 g/mol. The molecule has 0 bridgehead atoms. The van der Waals surface area contributed by atoms with E-state index in [1.54, 1.807) is 11.8 Å². The zero-order chi connectivity index (χ0) is 21.5. The van der Waals surface area contributed by atoms with E-state index in [1.807, 2.05) is 12.3 Å². The fraction of sp³-hybridized carbons (Fsp3) is 0.407. The quantitative estimate of drug-likeness (QED) is 0.321. The lowest BCUT2D eigenvalue weighted by atomic mass is 9.52. The molecule has 5 rings (SSSR count). The molecule has 3 N–H and O–H groups in total. The predicted octanol–water partition coefficient (Wildman–Crippen LogP) is 7.35. The molecule has 0 saturated heterocycles. The molecular weight excluding hydrogens is 386 g/mol. The molecule has 3 aromatic carbocycles. The second-order valence-corrected chi connectivity index (χ2v) is 11.8. The number of benzene rings is 3. The van der Waals surface area contributed by atoms with Crippen molar-refractivity contribution < 1.29 is 5.11 Å². The minimum atomic E-state index is -0.0736. The van der Waals surface area contributed by atoms with Gasteiger partial charge in [0.1, 0.15) is 5.75 Å². The van der Waals surface area contributed by atoms with Gasteiger partial charge in [0.2, 0.25) is 0 Å². The normalized spacial score (nSPS) is 20.3. The molecule has 0 atom stereocenters. The van der Waals surface area contributed by atoms with E-state index in [2.05, 4.69) is 64.1 Å². The fourth-order valence-electron chi connectivity index (χ4n) is 7.05. The molecular formula is C27H31NOS. The van der Waals surface area contributed by atoms with Gasteiger partial charge >= 0.3 is 0 Å². The van der Waals surface area contributed by atoms with E-state index in [1.165, 1.54) is 28.7 Å². The summed E-state index contributed by atoms with van der Waals surface area (Å²) in [5.74, 6) is 0.368. The first-order valence-corrected chi connectivity index (χ1v) is 12.0. The van der Waals surface area contributed by atoms with E-state index in [9.17, 15) is 5.11 Å². The largest absolute Gasteiger partial charge is 0.507 e. The molecule has 3 heteroatoms. The molecule has 0 heterocycles. The molecule has 2 aliphatic carbocycles. The fourth-order valence-corrected chi connectivity index (χ4v) is 7.58. The maximum absolute atomic E-state index is 11.1. The summed E-state index contributed by atoms with van der Waals surface area (Å²) in [6, 6.07) is 15.1. The number of phenols is 1. The van der Waals surface area contributed by atoms with Gasteiger partial charge in [0.05, 0.1) is 0 Å². The van der Waals surface area contributed by atoms with Gasteiger partial charge in [-0.1, -0.05) is 52.0 Å². The second-order valence-electron chi connectivity index (χ2n) is 10.9. The van der Waals surface area contributed by atoms with Crippen LogP contribution in [0.5, 0.6) is 5.75 Å². The molecule has 1 saturated carbocycles. The van der Waals surface area contributed by atoms with Crippen LogP contribution in [0.2, 0.25) is 0 Å². The van der Waals surface area contributed by atoms with Gasteiger partial charge in [0, 0.05) is 21.4 Å². The topological polar surface area (TPSA) is 46.2 Å². The number of thioether (sulfide) groups is 1. The number of aromatic hydroxyl groups is 1. The van der Waals surface area contributed by atoms with E-state index >= 15 is 0 Å². The van der Waals surface area contributed by atoms with Gasteiger partial charge in [-0.2, -0.15) is 0 Å². The van der Waals surface area contributed by atoms with Crippen LogP contribution >= 0.6 is 11.8 Å². The number of fused-ring (bicyclic) bond motifs is 7. The Balaban J connectivity index is 1.90. The zero-order valence-electron chi connectivity index (χ0n) is 18.6. The monoisotopic (exact) mass is 417 g/mol. The van der Waals surface area contributed by atoms with Gasteiger partial charge in [-0.15, -0.1) is 11.8 Å². The lowest BCUT2D eigenvalue weighted by Gasteiger charge is -2.51. The first-order chi connectivity index (χ1) is 14.1. The van der Waals surface area contributed by atoms with E-state index in [4.69, 9.17) is 5.73 Å². The van der Waals surface area contributed by atoms with Gasteiger partial charge in [-0.3, -0.25) is 0 Å². The molecule has 3 aromatic rings. The third-order valence-electron chi connectivity index (χ3n) is 7.21. The third-order valence-corrected chi connectivity index (χ3v) is 8.00. The van der Waals surface area contributed by atoms with Gasteiger partial charge in [0.15, 0.2) is 0 Å². The number of nitrogen functional groups attached to an aromatic ring is 1. The first kappa shape index (κ1) is 19.8. The maximum Gasteiger partial charge on any atom is 0.123 e. The summed E-state index contributed by atoms with van der Waals surface area (Å²) < 4.78 is 0. The Bertz CT molecular complexity index is 1180. The summed E-state index contributed by atoms with van der Waals surface area (Å²) in [7, 11) is 0. The highest BCUT2D eigenvalue weighted by molar-refractivity contribution is 7.98. The van der Waals surface area contributed by atoms with Gasteiger partial charge in [0.25, 0.3) is 0 Å². The Labute approximate surface area is 183 Å². The van der Waals surface area contributed by atoms with Crippen LogP contribution in [0.1, 0.15) is 58.1 Å². The van der Waals surface area contributed by atoms with E-state index < -0.39 is 0 Å². The van der Waals surface area contributed by atoms with Crippen LogP contribution in [0, 0.1) is 10.8 Å². The SMILES string of the molecule is CSc1cc2c(O)cc3c(c2cc1N)-c1ccccc1C31CC(C)(C)CC(C)(C)C1. The molecule has 2 aliphatic rings. The van der Waals surface area contributed by atoms with Crippen molar-refractivity contribution in [2.75, 3.05) is 12.0 Å². The number of hydrogen-bond acceptors (Lipinski definition) is 3. The minimum absolute atomic E-state index is 0.0736. The van der Waals surface area contributed by atoms with Crippen molar-refractivity contribution in [3.05, 3.63) is 53.6 Å². The lowest BCUT2D eigenvalue weighted by molar-refractivity contribution is 0.0645. The summed E-state index contributed by atoms with van der Waals surface area (Å²) in [5, 5.41) is 13.1. The molecule has 0 aliphatic heterocycles. The third kappa shape index (κ3) is 2.71. The molecule has 156 valence electrons. The number of phenolic OH excluding ortho intramolecular Hbond substituents is 1. The number of nitrogens with two attached hydrogens (primary N) is 1. The zero-order valence-corrected chi connectivity index (χ0v) is 19.4. The summed E-state index contributed by atoms with van der Waals surface area (Å²) in [5.41, 5.74) is 12.9. The minimum Gasteiger partial charge on any atom is -0.507 e. The second kappa shape index (κ2) is 6.20. The molecule has 2 nitrogen and oxygen atoms in total. The Hall–Kier alpha value is -2.13. The van der Waals surface area contributed by atoms with Crippen molar-refractivity contribution in [1.29, 1.82) is 0 Å². The smallest absolute Gasteiger partial charge is 0.123 e. The van der Waals surface area contributed by atoms with E-state index in [0.717, 1.165) is 34.2 Å². The standard InChI is InChI=1S/C27H31NOS/c1-25(2)13-26(3,4)15-27(14-25)19-9-7-6-8-16(19)24-18-10-21(28)23(30-5)11-17(18)22(29)12-20(24)27/h6-12,29H,13-15,28H2,1-5H3. The lowest BCUT2D eigenvalue weighted by Crippen LogP contribution is -2.43. The Kier molecular flexibility index (Phi) is 4.09. The van der Waals surface area contributed by atoms with Crippen LogP contribution in [0.3, 0.4) is 0 Å². The highest BCUT2D eigenvalue weighted by Gasteiger charge is 2.53. The Morgan fingerprint density at radius 2 is 1.53 bits per heavy atom. The van der Waals surface area contributed by atoms with Gasteiger partial charge in [-0.25, -0.2) is 0 Å². The van der Waals surface area contributed by atoms with Gasteiger partial charge < -0.3 is 10.8 Å². The first-order valence-electron chi connectivity index (χ1n) is 10.8. The number of rotatable bonds is 1. The van der Waals surface area contributed by atoms with Crippen molar-refractivity contribution in [2.24, 2.45) is 10.8 Å². The van der Waals surface area contributed by atoms with Crippen molar-refractivity contribution in [3.8, 4) is 16.9 Å². The van der Waals surface area contributed by atoms with Crippen molar-refractivity contribution in [3.63, 3.8) is 0 Å². The van der Waals surface area contributed by atoms with Crippen LogP contribution < -0.4 is 5.73 Å². The molecule has 0 aromatic heterocycles. The van der Waals surface area contributed by atoms with Crippen LogP contribution in [-0.2, 0) is 5.41 Å². The Morgan fingerprint density at radius 1 is 0.867 bits per heavy atom. The number of hydrogen-bond donors (Lipinski definition) is 2. The average Bonchev–Trinajstić information content (AvgIpc) is 2.88. The molecule has 0 amide bonds. The van der Waals surface area contributed by atoms with Crippen LogP contribution in [-0.4, -0.2) is 11.4 Å². The Morgan fingerprint density at radius 3 is 2.20 bits per heavy atom. The highest BCUT2D eigenvalue weighted by Crippen LogP contribution is 2.64. The van der Waals surface area contributed by atoms with Crippen LogP contribution in [0.25, 0.3) is 21.9 Å². The molecule has 0 radical (unpaired) electrons. The maximum atomic E-state index is 11.1. The van der Waals surface area contributed by atoms with Crippen molar-refractivity contribution in [1.82, 2.24) is 0 Å². The summed E-state index contributed by atoms with van der Waals surface area (Å²) in [6.45, 7) is 9.61. The van der Waals surface area contributed by atoms with Gasteiger partial charge in [-0.05, 0) is 82.2 Å². The summed E-state index contributed by atoms with van der Waals surface area (Å²) in [4.78, 5) is 1.01. The molecule has 30 heavy (non-hydrogen) atoms. The summed E-state index contributed by atoms with van der Waals surface area (Å²) in [6.07, 6.45) is 5.43. The van der Waals surface area contributed by atoms with Crippen molar-refractivity contribution in [2.45, 2.75) is 57.3 Å². The van der Waals surface area contributed by atoms with Crippen molar-refractivity contribution >= 4 is 28.2 Å². The number of anilines is 1. The van der Waals surface area contributed by atoms with E-state index in [-0.39, 0.29) is 16.2 Å². The molecule has 1 spiro atoms. The van der Waals surface area contributed by atoms with E-state index in [0.29, 0.717) is 5.75 Å². The van der Waals surface area contributed by atoms with Crippen LogP contribution in [0.15, 0.2) is 47.4 Å². The summed E-state index contributed by atoms with van der Waals surface area (Å²) >= 11 is 1.62. The van der Waals surface area contributed by atoms with Crippen LogP contribution in [0.4, 0.5) is 5.69 Å². The predicted molar refractivity (Wildman–Crippen MR) is 129 cm³/mol.